The highest BCUT2D eigenvalue weighted by molar-refractivity contribution is 6.40. The van der Waals surface area contributed by atoms with Gasteiger partial charge in [0.1, 0.15) is 6.10 Å². The molecule has 0 aliphatic heterocycles. The number of nitrogens with two attached hydrogens (primary N) is 1. The Morgan fingerprint density at radius 1 is 1.30 bits per heavy atom. The minimum absolute atomic E-state index is 0.290. The molecule has 1 aromatic rings. The molecule has 4 nitrogen and oxygen atoms in total. The Hall–Kier alpha value is -0.970. The first-order chi connectivity index (χ1) is 9.31. The van der Waals surface area contributed by atoms with Crippen LogP contribution in [0.5, 0.6) is 0 Å². The van der Waals surface area contributed by atoms with Crippen molar-refractivity contribution in [3.8, 4) is 0 Å². The van der Waals surface area contributed by atoms with Crippen molar-refractivity contribution in [3.05, 3.63) is 22.2 Å². The van der Waals surface area contributed by atoms with E-state index < -0.39 is 6.10 Å². The SMILES string of the molecule is CC(C)CCOC(C)C(=O)Nc1c(Cl)cc(N)cc1Cl. The van der Waals surface area contributed by atoms with Gasteiger partial charge in [-0.1, -0.05) is 37.0 Å². The molecule has 0 aliphatic carbocycles. The average Bonchev–Trinajstić information content (AvgIpc) is 2.32. The Morgan fingerprint density at radius 2 is 1.85 bits per heavy atom. The van der Waals surface area contributed by atoms with E-state index in [2.05, 4.69) is 19.2 Å². The molecule has 0 heterocycles. The van der Waals surface area contributed by atoms with E-state index in [1.54, 1.807) is 6.92 Å². The number of hydrogen-bond donors (Lipinski definition) is 2. The van der Waals surface area contributed by atoms with Crippen molar-refractivity contribution in [3.63, 3.8) is 0 Å². The monoisotopic (exact) mass is 318 g/mol. The summed E-state index contributed by atoms with van der Waals surface area (Å²) in [5.41, 5.74) is 6.40. The first kappa shape index (κ1) is 17.1. The van der Waals surface area contributed by atoms with Crippen LogP contribution in [-0.4, -0.2) is 18.6 Å². The summed E-state index contributed by atoms with van der Waals surface area (Å²) < 4.78 is 5.47. The number of carbonyl (C=O) groups excluding carboxylic acids is 1. The van der Waals surface area contributed by atoms with Crippen molar-refractivity contribution in [1.82, 2.24) is 0 Å². The normalized spacial score (nSPS) is 12.5. The molecule has 0 aromatic heterocycles. The van der Waals surface area contributed by atoms with Crippen LogP contribution >= 0.6 is 23.2 Å². The number of nitrogen functional groups attached to an aromatic ring is 1. The number of anilines is 2. The van der Waals surface area contributed by atoms with Gasteiger partial charge in [0.2, 0.25) is 0 Å². The first-order valence-electron chi connectivity index (χ1n) is 6.48. The van der Waals surface area contributed by atoms with E-state index in [4.69, 9.17) is 33.7 Å². The summed E-state index contributed by atoms with van der Waals surface area (Å²) in [5, 5.41) is 3.27. The Bertz CT molecular complexity index is 455. The van der Waals surface area contributed by atoms with Gasteiger partial charge in [-0.25, -0.2) is 0 Å². The summed E-state index contributed by atoms with van der Waals surface area (Å²) in [7, 11) is 0. The molecular weight excluding hydrogens is 299 g/mol. The summed E-state index contributed by atoms with van der Waals surface area (Å²) in [6, 6.07) is 3.07. The highest BCUT2D eigenvalue weighted by atomic mass is 35.5. The van der Waals surface area contributed by atoms with Crippen molar-refractivity contribution < 1.29 is 9.53 Å². The van der Waals surface area contributed by atoms with Gasteiger partial charge < -0.3 is 15.8 Å². The first-order valence-corrected chi connectivity index (χ1v) is 7.23. The molecule has 1 rings (SSSR count). The summed E-state index contributed by atoms with van der Waals surface area (Å²) in [6.45, 7) is 6.42. The molecule has 112 valence electrons. The van der Waals surface area contributed by atoms with Crippen molar-refractivity contribution in [1.29, 1.82) is 0 Å². The number of carbonyl (C=O) groups is 1. The number of ether oxygens (including phenoxy) is 1. The van der Waals surface area contributed by atoms with E-state index in [0.717, 1.165) is 6.42 Å². The van der Waals surface area contributed by atoms with Gasteiger partial charge in [-0.15, -0.1) is 0 Å². The smallest absolute Gasteiger partial charge is 0.253 e. The van der Waals surface area contributed by atoms with Crippen LogP contribution in [0.4, 0.5) is 11.4 Å². The van der Waals surface area contributed by atoms with Crippen molar-refractivity contribution in [2.75, 3.05) is 17.7 Å². The van der Waals surface area contributed by atoms with E-state index in [1.807, 2.05) is 0 Å². The maximum Gasteiger partial charge on any atom is 0.253 e. The fourth-order valence-corrected chi connectivity index (χ4v) is 2.09. The molecule has 0 aliphatic rings. The van der Waals surface area contributed by atoms with E-state index in [9.17, 15) is 4.79 Å². The van der Waals surface area contributed by atoms with E-state index >= 15 is 0 Å². The third-order valence-corrected chi connectivity index (χ3v) is 3.34. The summed E-state index contributed by atoms with van der Waals surface area (Å²) >= 11 is 12.0. The number of halogens is 2. The molecule has 0 saturated heterocycles. The summed E-state index contributed by atoms with van der Waals surface area (Å²) in [5.74, 6) is 0.244. The lowest BCUT2D eigenvalue weighted by Crippen LogP contribution is -2.28. The predicted molar refractivity (Wildman–Crippen MR) is 84.4 cm³/mol. The van der Waals surface area contributed by atoms with Crippen LogP contribution in [0, 0.1) is 5.92 Å². The number of benzene rings is 1. The standard InChI is InChI=1S/C14H20Cl2N2O2/c1-8(2)4-5-20-9(3)14(19)18-13-11(15)6-10(17)7-12(13)16/h6-9H,4-5,17H2,1-3H3,(H,18,19). The van der Waals surface area contributed by atoms with E-state index in [0.29, 0.717) is 33.9 Å². The highest BCUT2D eigenvalue weighted by Crippen LogP contribution is 2.32. The van der Waals surface area contributed by atoms with Gasteiger partial charge in [0, 0.05) is 12.3 Å². The molecule has 1 aromatic carbocycles. The van der Waals surface area contributed by atoms with Crippen LogP contribution in [0.25, 0.3) is 0 Å². The molecule has 0 radical (unpaired) electrons. The van der Waals surface area contributed by atoms with Gasteiger partial charge >= 0.3 is 0 Å². The number of hydrogen-bond acceptors (Lipinski definition) is 3. The Balaban J connectivity index is 2.62. The van der Waals surface area contributed by atoms with Gasteiger partial charge in [0.05, 0.1) is 15.7 Å². The molecule has 1 unspecified atom stereocenters. The third kappa shape index (κ3) is 5.19. The van der Waals surface area contributed by atoms with E-state index in [-0.39, 0.29) is 5.91 Å². The maximum absolute atomic E-state index is 12.0. The second-order valence-corrected chi connectivity index (χ2v) is 5.86. The van der Waals surface area contributed by atoms with Crippen molar-refractivity contribution in [2.45, 2.75) is 33.3 Å². The lowest BCUT2D eigenvalue weighted by molar-refractivity contribution is -0.126. The Morgan fingerprint density at radius 3 is 2.35 bits per heavy atom. The van der Waals surface area contributed by atoms with E-state index in [1.165, 1.54) is 12.1 Å². The zero-order valence-corrected chi connectivity index (χ0v) is 13.4. The van der Waals surface area contributed by atoms with Crippen LogP contribution in [0.3, 0.4) is 0 Å². The van der Waals surface area contributed by atoms with Crippen molar-refractivity contribution in [2.24, 2.45) is 5.92 Å². The van der Waals surface area contributed by atoms with Crippen LogP contribution in [-0.2, 0) is 9.53 Å². The fourth-order valence-electron chi connectivity index (χ4n) is 1.49. The van der Waals surface area contributed by atoms with Gasteiger partial charge in [-0.05, 0) is 31.4 Å². The lowest BCUT2D eigenvalue weighted by Gasteiger charge is -2.16. The zero-order valence-electron chi connectivity index (χ0n) is 11.9. The minimum atomic E-state index is -0.571. The van der Waals surface area contributed by atoms with Gasteiger partial charge in [-0.3, -0.25) is 4.79 Å². The Labute approximate surface area is 129 Å². The molecule has 6 heteroatoms. The second-order valence-electron chi connectivity index (χ2n) is 5.04. The van der Waals surface area contributed by atoms with Crippen LogP contribution in [0.2, 0.25) is 10.0 Å². The molecule has 0 fully saturated rings. The largest absolute Gasteiger partial charge is 0.399 e. The molecule has 1 amide bonds. The highest BCUT2D eigenvalue weighted by Gasteiger charge is 2.17. The molecule has 3 N–H and O–H groups in total. The molecular formula is C14H20Cl2N2O2. The third-order valence-electron chi connectivity index (χ3n) is 2.74. The average molecular weight is 319 g/mol. The quantitative estimate of drug-likeness (QED) is 0.780. The maximum atomic E-state index is 12.0. The second kappa shape index (κ2) is 7.72. The fraction of sp³-hybridized carbons (Fsp3) is 0.500. The Kier molecular flexibility index (Phi) is 6.59. The van der Waals surface area contributed by atoms with Gasteiger partial charge in [-0.2, -0.15) is 0 Å². The molecule has 0 bridgehead atoms. The van der Waals surface area contributed by atoms with Gasteiger partial charge in [0.25, 0.3) is 5.91 Å². The number of amides is 1. The summed E-state index contributed by atoms with van der Waals surface area (Å²) in [4.78, 5) is 12.0. The predicted octanol–water partition coefficient (Wildman–Crippen LogP) is 3.97. The summed E-state index contributed by atoms with van der Waals surface area (Å²) in [6.07, 6.45) is 0.333. The number of rotatable bonds is 6. The molecule has 0 saturated carbocycles. The lowest BCUT2D eigenvalue weighted by atomic mass is 10.1. The van der Waals surface area contributed by atoms with Crippen LogP contribution in [0.15, 0.2) is 12.1 Å². The molecule has 1 atom stereocenters. The zero-order chi connectivity index (χ0) is 15.3. The minimum Gasteiger partial charge on any atom is -0.399 e. The van der Waals surface area contributed by atoms with Crippen LogP contribution < -0.4 is 11.1 Å². The van der Waals surface area contributed by atoms with Crippen molar-refractivity contribution >= 4 is 40.5 Å². The molecule has 0 spiro atoms. The molecule has 20 heavy (non-hydrogen) atoms. The topological polar surface area (TPSA) is 64.3 Å². The van der Waals surface area contributed by atoms with Crippen LogP contribution in [0.1, 0.15) is 27.2 Å². The number of nitrogens with one attached hydrogen (secondary N) is 1. The van der Waals surface area contributed by atoms with Gasteiger partial charge in [0.15, 0.2) is 0 Å².